The zero-order valence-electron chi connectivity index (χ0n) is 21.1. The molecule has 2 atom stereocenters. The van der Waals surface area contributed by atoms with E-state index in [1.54, 1.807) is 30.6 Å². The maximum Gasteiger partial charge on any atom is 0.160 e. The molecule has 10 heteroatoms. The first-order chi connectivity index (χ1) is 18.0. The minimum absolute atomic E-state index is 0.122. The second kappa shape index (κ2) is 8.42. The molecule has 1 saturated carbocycles. The van der Waals surface area contributed by atoms with Crippen molar-refractivity contribution in [2.24, 2.45) is 5.41 Å². The van der Waals surface area contributed by atoms with Gasteiger partial charge in [0.15, 0.2) is 15.7 Å². The van der Waals surface area contributed by atoms with Gasteiger partial charge < -0.3 is 0 Å². The van der Waals surface area contributed by atoms with Crippen LogP contribution in [0, 0.1) is 17.0 Å². The van der Waals surface area contributed by atoms with Gasteiger partial charge in [-0.1, -0.05) is 19.9 Å². The van der Waals surface area contributed by atoms with Gasteiger partial charge in [0.05, 0.1) is 39.5 Å². The minimum Gasteiger partial charge on any atom is -0.259 e. The van der Waals surface area contributed by atoms with Crippen molar-refractivity contribution >= 4 is 9.84 Å². The van der Waals surface area contributed by atoms with Crippen LogP contribution < -0.4 is 0 Å². The number of nitrogens with zero attached hydrogens (tertiary/aromatic N) is 5. The topological polar surface area (TPSA) is 98.6 Å². The Labute approximate surface area is 219 Å². The van der Waals surface area contributed by atoms with E-state index in [0.29, 0.717) is 17.1 Å². The predicted molar refractivity (Wildman–Crippen MR) is 138 cm³/mol. The summed E-state index contributed by atoms with van der Waals surface area (Å²) in [5.74, 6) is -0.889. The average molecular weight is 534 g/mol. The summed E-state index contributed by atoms with van der Waals surface area (Å²) in [6.07, 6.45) is 6.14. The van der Waals surface area contributed by atoms with Gasteiger partial charge in [-0.3, -0.25) is 4.98 Å². The Hall–Kier alpha value is -3.66. The van der Waals surface area contributed by atoms with Gasteiger partial charge in [-0.05, 0) is 66.1 Å². The Kier molecular flexibility index (Phi) is 5.47. The summed E-state index contributed by atoms with van der Waals surface area (Å²) in [6, 6.07) is 10.9. The first-order valence-electron chi connectivity index (χ1n) is 12.3. The van der Waals surface area contributed by atoms with Crippen LogP contribution in [0.3, 0.4) is 0 Å². The molecule has 0 aliphatic heterocycles. The van der Waals surface area contributed by atoms with E-state index in [4.69, 9.17) is 4.98 Å². The van der Waals surface area contributed by atoms with Crippen molar-refractivity contribution in [3.05, 3.63) is 89.1 Å². The Morgan fingerprint density at radius 1 is 1.03 bits per heavy atom. The second-order valence-electron chi connectivity index (χ2n) is 10.7. The molecule has 2 aliphatic rings. The van der Waals surface area contributed by atoms with Crippen LogP contribution in [0.5, 0.6) is 0 Å². The molecule has 0 saturated heterocycles. The Balaban J connectivity index is 1.43. The molecule has 3 aromatic heterocycles. The molecule has 4 aromatic rings. The van der Waals surface area contributed by atoms with E-state index < -0.39 is 26.9 Å². The standard InChI is InChI=1S/C28H25F2N5O2S/c1-27(2)19-9-11-28(27,25-18(19)13-22(34-35-25)24-20(29)5-4-6-21(24)30)23-10-12-31-26(33-23)16-7-8-17(32-14-16)15-38(3,36)37/h4-8,10,12-14,19H,9,11,15H2,1-3H3/t19-,28+/m0/s1. The number of benzene rings is 1. The van der Waals surface area contributed by atoms with Crippen molar-refractivity contribution in [2.75, 3.05) is 6.26 Å². The van der Waals surface area contributed by atoms with E-state index in [0.717, 1.165) is 29.8 Å². The van der Waals surface area contributed by atoms with Gasteiger partial charge in [-0.15, -0.1) is 5.10 Å². The lowest BCUT2D eigenvalue weighted by Gasteiger charge is -2.37. The quantitative estimate of drug-likeness (QED) is 0.355. The number of pyridine rings is 1. The molecular weight excluding hydrogens is 508 g/mol. The number of hydrogen-bond acceptors (Lipinski definition) is 7. The van der Waals surface area contributed by atoms with Gasteiger partial charge in [0.25, 0.3) is 0 Å². The first kappa shape index (κ1) is 24.7. The van der Waals surface area contributed by atoms with Crippen molar-refractivity contribution in [3.8, 4) is 22.6 Å². The SMILES string of the molecule is CC1(C)[C@H]2CC[C@@]1(c1ccnc(-c3ccc(CS(C)(=O)=O)nc3)n1)c1nnc(-c3c(F)cccc3F)cc12. The van der Waals surface area contributed by atoms with Gasteiger partial charge in [0.1, 0.15) is 11.6 Å². The third kappa shape index (κ3) is 3.65. The zero-order chi connectivity index (χ0) is 26.9. The lowest BCUT2D eigenvalue weighted by molar-refractivity contribution is 0.243. The number of hydrogen-bond donors (Lipinski definition) is 0. The molecule has 3 heterocycles. The van der Waals surface area contributed by atoms with Crippen molar-refractivity contribution in [1.29, 1.82) is 0 Å². The van der Waals surface area contributed by atoms with Gasteiger partial charge in [0.2, 0.25) is 0 Å². The highest BCUT2D eigenvalue weighted by Crippen LogP contribution is 2.69. The lowest BCUT2D eigenvalue weighted by atomic mass is 9.66. The fourth-order valence-electron chi connectivity index (χ4n) is 6.40. The molecule has 194 valence electrons. The number of sulfone groups is 1. The number of rotatable bonds is 5. The van der Waals surface area contributed by atoms with E-state index in [2.05, 4.69) is 34.0 Å². The summed E-state index contributed by atoms with van der Waals surface area (Å²) < 4.78 is 52.2. The molecule has 7 nitrogen and oxygen atoms in total. The number of aromatic nitrogens is 5. The Bertz CT molecular complexity index is 1670. The summed E-state index contributed by atoms with van der Waals surface area (Å²) in [7, 11) is -3.19. The Morgan fingerprint density at radius 2 is 1.79 bits per heavy atom. The summed E-state index contributed by atoms with van der Waals surface area (Å²) >= 11 is 0. The fourth-order valence-corrected chi connectivity index (χ4v) is 7.11. The number of halogens is 2. The highest BCUT2D eigenvalue weighted by molar-refractivity contribution is 7.89. The molecule has 38 heavy (non-hydrogen) atoms. The van der Waals surface area contributed by atoms with E-state index in [9.17, 15) is 17.2 Å². The third-order valence-electron chi connectivity index (χ3n) is 8.19. The molecule has 0 amide bonds. The summed E-state index contributed by atoms with van der Waals surface area (Å²) in [5, 5.41) is 8.86. The van der Waals surface area contributed by atoms with Gasteiger partial charge in [-0.25, -0.2) is 27.2 Å². The van der Waals surface area contributed by atoms with Crippen LogP contribution >= 0.6 is 0 Å². The van der Waals surface area contributed by atoms with Crippen LogP contribution in [0.15, 0.2) is 54.9 Å². The molecule has 0 radical (unpaired) electrons. The average Bonchev–Trinajstić information content (AvgIpc) is 3.24. The maximum absolute atomic E-state index is 14.5. The molecule has 2 aliphatic carbocycles. The number of fused-ring (bicyclic) bond motifs is 5. The summed E-state index contributed by atoms with van der Waals surface area (Å²) in [5.41, 5.74) is 2.83. The van der Waals surface area contributed by atoms with E-state index in [1.165, 1.54) is 24.5 Å². The molecule has 6 rings (SSSR count). The molecule has 0 spiro atoms. The molecule has 0 N–H and O–H groups in total. The van der Waals surface area contributed by atoms with E-state index in [1.807, 2.05) is 6.07 Å². The van der Waals surface area contributed by atoms with Crippen molar-refractivity contribution < 1.29 is 17.2 Å². The van der Waals surface area contributed by atoms with Crippen LogP contribution in [-0.2, 0) is 21.0 Å². The van der Waals surface area contributed by atoms with Crippen LogP contribution in [0.25, 0.3) is 22.6 Å². The van der Waals surface area contributed by atoms with Crippen molar-refractivity contribution in [1.82, 2.24) is 25.1 Å². The highest BCUT2D eigenvalue weighted by atomic mass is 32.2. The smallest absolute Gasteiger partial charge is 0.160 e. The van der Waals surface area contributed by atoms with Crippen LogP contribution in [-0.4, -0.2) is 39.8 Å². The van der Waals surface area contributed by atoms with Crippen molar-refractivity contribution in [3.63, 3.8) is 0 Å². The van der Waals surface area contributed by atoms with Gasteiger partial charge in [-0.2, -0.15) is 5.10 Å². The van der Waals surface area contributed by atoms with Crippen LogP contribution in [0.2, 0.25) is 0 Å². The maximum atomic E-state index is 14.5. The lowest BCUT2D eigenvalue weighted by Crippen LogP contribution is -2.38. The molecular formula is C28H25F2N5O2S. The third-order valence-corrected chi connectivity index (χ3v) is 9.01. The zero-order valence-corrected chi connectivity index (χ0v) is 21.9. The predicted octanol–water partition coefficient (Wildman–Crippen LogP) is 5.02. The van der Waals surface area contributed by atoms with Crippen molar-refractivity contribution in [2.45, 2.75) is 43.8 Å². The first-order valence-corrected chi connectivity index (χ1v) is 14.4. The van der Waals surface area contributed by atoms with Crippen LogP contribution in [0.1, 0.15) is 55.3 Å². The fraction of sp³-hybridized carbons (Fsp3) is 0.321. The summed E-state index contributed by atoms with van der Waals surface area (Å²) in [6.45, 7) is 4.36. The van der Waals surface area contributed by atoms with Crippen LogP contribution in [0.4, 0.5) is 8.78 Å². The normalized spacial score (nSPS) is 21.4. The largest absolute Gasteiger partial charge is 0.259 e. The summed E-state index contributed by atoms with van der Waals surface area (Å²) in [4.78, 5) is 13.7. The van der Waals surface area contributed by atoms with E-state index >= 15 is 0 Å². The molecule has 2 bridgehead atoms. The van der Waals surface area contributed by atoms with Gasteiger partial charge >= 0.3 is 0 Å². The second-order valence-corrected chi connectivity index (χ2v) is 12.9. The van der Waals surface area contributed by atoms with Gasteiger partial charge in [0, 0.05) is 24.2 Å². The van der Waals surface area contributed by atoms with E-state index in [-0.39, 0.29) is 28.3 Å². The molecule has 1 aromatic carbocycles. The minimum atomic E-state index is -3.19. The molecule has 0 unspecified atom stereocenters. The highest BCUT2D eigenvalue weighted by Gasteiger charge is 2.65. The monoisotopic (exact) mass is 533 g/mol. The molecule has 1 fully saturated rings. The Morgan fingerprint density at radius 3 is 2.47 bits per heavy atom.